The average Bonchev–Trinajstić information content (AvgIpc) is 3.30. The number of β-amino-alcohol motifs (C(OH)–C–C–N with tert-alkyl or cyclic N) is 1. The van der Waals surface area contributed by atoms with Crippen LogP contribution in [0.4, 0.5) is 5.69 Å². The van der Waals surface area contributed by atoms with E-state index in [-0.39, 0.29) is 5.56 Å². The van der Waals surface area contributed by atoms with Crippen molar-refractivity contribution in [1.82, 2.24) is 15.1 Å². The normalized spacial score (nSPS) is 18.0. The van der Waals surface area contributed by atoms with E-state index in [1.54, 1.807) is 0 Å². The summed E-state index contributed by atoms with van der Waals surface area (Å²) in [5.41, 5.74) is 4.47. The summed E-state index contributed by atoms with van der Waals surface area (Å²) in [5.74, 6) is 0. The number of aliphatic hydroxyl groups excluding tert-OH is 1. The predicted molar refractivity (Wildman–Crippen MR) is 119 cm³/mol. The van der Waals surface area contributed by atoms with Crippen molar-refractivity contribution < 1.29 is 5.11 Å². The molecule has 0 amide bonds. The van der Waals surface area contributed by atoms with E-state index in [4.69, 9.17) is 0 Å². The lowest BCUT2D eigenvalue weighted by Crippen LogP contribution is -2.37. The molecule has 0 saturated carbocycles. The third-order valence-corrected chi connectivity index (χ3v) is 6.43. The first kappa shape index (κ1) is 19.3. The second kappa shape index (κ2) is 8.20. The zero-order valence-corrected chi connectivity index (χ0v) is 17.2. The Morgan fingerprint density at radius 2 is 1.83 bits per heavy atom. The van der Waals surface area contributed by atoms with Gasteiger partial charge in [-0.2, -0.15) is 5.10 Å². The van der Waals surface area contributed by atoms with Gasteiger partial charge in [0, 0.05) is 50.2 Å². The zero-order valence-electron chi connectivity index (χ0n) is 17.2. The van der Waals surface area contributed by atoms with Crippen LogP contribution in [0.2, 0.25) is 0 Å². The number of nitrogens with zero attached hydrogens (tertiary/aromatic N) is 3. The molecule has 5 rings (SSSR count). The summed E-state index contributed by atoms with van der Waals surface area (Å²) in [7, 11) is 0. The highest BCUT2D eigenvalue weighted by Crippen LogP contribution is 2.26. The van der Waals surface area contributed by atoms with Gasteiger partial charge >= 0.3 is 0 Å². The Bertz CT molecular complexity index is 1100. The van der Waals surface area contributed by atoms with Crippen molar-refractivity contribution in [3.63, 3.8) is 0 Å². The first-order valence-electron chi connectivity index (χ1n) is 10.9. The van der Waals surface area contributed by atoms with E-state index in [2.05, 4.69) is 50.3 Å². The van der Waals surface area contributed by atoms with Crippen molar-refractivity contribution >= 4 is 16.5 Å². The van der Waals surface area contributed by atoms with Gasteiger partial charge in [0.05, 0.1) is 17.2 Å². The molecular weight excluding hydrogens is 376 g/mol. The molecule has 6 heteroatoms. The van der Waals surface area contributed by atoms with Crippen molar-refractivity contribution in [2.24, 2.45) is 0 Å². The molecule has 3 aromatic rings. The molecule has 0 unspecified atom stereocenters. The molecule has 0 spiro atoms. The minimum Gasteiger partial charge on any atom is -0.391 e. The summed E-state index contributed by atoms with van der Waals surface area (Å²) in [6.45, 7) is 4.52. The van der Waals surface area contributed by atoms with E-state index in [1.807, 2.05) is 12.1 Å². The van der Waals surface area contributed by atoms with Crippen LogP contribution in [0.25, 0.3) is 10.8 Å². The van der Waals surface area contributed by atoms with Gasteiger partial charge in [-0.15, -0.1) is 0 Å². The van der Waals surface area contributed by atoms with Crippen LogP contribution in [0.3, 0.4) is 0 Å². The Labute approximate surface area is 176 Å². The Hall–Kier alpha value is -2.70. The number of H-pyrrole nitrogens is 1. The highest BCUT2D eigenvalue weighted by molar-refractivity contribution is 5.87. The Kier molecular flexibility index (Phi) is 5.27. The van der Waals surface area contributed by atoms with Gasteiger partial charge in [0.15, 0.2) is 0 Å². The summed E-state index contributed by atoms with van der Waals surface area (Å²) in [4.78, 5) is 16.9. The third kappa shape index (κ3) is 3.85. The fraction of sp³-hybridized carbons (Fsp3) is 0.417. The summed E-state index contributed by atoms with van der Waals surface area (Å²) < 4.78 is 0. The molecule has 0 bridgehead atoms. The molecule has 1 aromatic heterocycles. The second-order valence-electron chi connectivity index (χ2n) is 8.54. The quantitative estimate of drug-likeness (QED) is 0.684. The van der Waals surface area contributed by atoms with Crippen molar-refractivity contribution in [3.05, 3.63) is 69.6 Å². The largest absolute Gasteiger partial charge is 0.391 e. The van der Waals surface area contributed by atoms with Gasteiger partial charge < -0.3 is 10.0 Å². The Balaban J connectivity index is 1.35. The molecule has 30 heavy (non-hydrogen) atoms. The number of benzene rings is 2. The van der Waals surface area contributed by atoms with Crippen LogP contribution in [-0.4, -0.2) is 52.5 Å². The monoisotopic (exact) mass is 404 g/mol. The maximum atomic E-state index is 12.3. The minimum atomic E-state index is -0.535. The molecule has 0 radical (unpaired) electrons. The molecule has 2 N–H and O–H groups in total. The average molecular weight is 405 g/mol. The number of aliphatic hydroxyl groups is 1. The Morgan fingerprint density at radius 3 is 2.67 bits per heavy atom. The molecule has 2 aromatic carbocycles. The fourth-order valence-corrected chi connectivity index (χ4v) is 4.83. The van der Waals surface area contributed by atoms with Crippen LogP contribution in [0, 0.1) is 0 Å². The summed E-state index contributed by atoms with van der Waals surface area (Å²) in [6.07, 6.45) is 3.32. The van der Waals surface area contributed by atoms with E-state index in [1.165, 1.54) is 24.0 Å². The summed E-state index contributed by atoms with van der Waals surface area (Å²) in [5, 5.41) is 19.2. The van der Waals surface area contributed by atoms with E-state index >= 15 is 0 Å². The van der Waals surface area contributed by atoms with E-state index < -0.39 is 6.10 Å². The van der Waals surface area contributed by atoms with Gasteiger partial charge in [-0.1, -0.05) is 24.3 Å². The number of rotatable bonds is 5. The molecule has 3 heterocycles. The molecule has 156 valence electrons. The van der Waals surface area contributed by atoms with Gasteiger partial charge in [0.1, 0.15) is 0 Å². The second-order valence-corrected chi connectivity index (χ2v) is 8.54. The lowest BCUT2D eigenvalue weighted by atomic mass is 9.99. The topological polar surface area (TPSA) is 72.5 Å². The van der Waals surface area contributed by atoms with Crippen molar-refractivity contribution in [2.45, 2.75) is 38.3 Å². The first-order valence-corrected chi connectivity index (χ1v) is 10.9. The maximum Gasteiger partial charge on any atom is 0.272 e. The molecule has 1 fully saturated rings. The van der Waals surface area contributed by atoms with Crippen molar-refractivity contribution in [1.29, 1.82) is 0 Å². The standard InChI is InChI=1S/C24H28N4O2/c29-20(16-27-12-9-17-5-1-2-6-18(17)15-27)14-23-22-13-19(28-10-3-4-11-28)7-8-21(22)24(30)26-25-23/h1-2,5-8,13,20,29H,3-4,9-12,14-16H2,(H,26,30)/t20-/m1/s1. The first-order chi connectivity index (χ1) is 14.7. The highest BCUT2D eigenvalue weighted by Gasteiger charge is 2.20. The van der Waals surface area contributed by atoms with Crippen LogP contribution in [0.1, 0.15) is 29.7 Å². The lowest BCUT2D eigenvalue weighted by molar-refractivity contribution is 0.105. The number of aromatic amines is 1. The Morgan fingerprint density at radius 1 is 1.03 bits per heavy atom. The van der Waals surface area contributed by atoms with Gasteiger partial charge in [-0.05, 0) is 48.6 Å². The van der Waals surface area contributed by atoms with E-state index in [9.17, 15) is 9.90 Å². The number of aromatic nitrogens is 2. The van der Waals surface area contributed by atoms with Crippen molar-refractivity contribution in [3.8, 4) is 0 Å². The van der Waals surface area contributed by atoms with Crippen LogP contribution < -0.4 is 10.5 Å². The molecular formula is C24H28N4O2. The maximum absolute atomic E-state index is 12.3. The van der Waals surface area contributed by atoms with Crippen LogP contribution in [0.5, 0.6) is 0 Å². The highest BCUT2D eigenvalue weighted by atomic mass is 16.3. The molecule has 6 nitrogen and oxygen atoms in total. The van der Waals surface area contributed by atoms with Gasteiger partial charge in [0.2, 0.25) is 0 Å². The molecule has 2 aliphatic heterocycles. The number of anilines is 1. The fourth-order valence-electron chi connectivity index (χ4n) is 4.83. The number of fused-ring (bicyclic) bond motifs is 2. The van der Waals surface area contributed by atoms with E-state index in [0.717, 1.165) is 49.4 Å². The third-order valence-electron chi connectivity index (χ3n) is 6.43. The van der Waals surface area contributed by atoms with Gasteiger partial charge in [-0.3, -0.25) is 9.69 Å². The van der Waals surface area contributed by atoms with Crippen LogP contribution in [-0.2, 0) is 19.4 Å². The minimum absolute atomic E-state index is 0.177. The zero-order chi connectivity index (χ0) is 20.5. The van der Waals surface area contributed by atoms with Crippen molar-refractivity contribution in [2.75, 3.05) is 31.1 Å². The smallest absolute Gasteiger partial charge is 0.272 e. The van der Waals surface area contributed by atoms with Crippen LogP contribution >= 0.6 is 0 Å². The predicted octanol–water partition coefficient (Wildman–Crippen LogP) is 2.49. The molecule has 2 aliphatic rings. The molecule has 0 aliphatic carbocycles. The summed E-state index contributed by atoms with van der Waals surface area (Å²) >= 11 is 0. The molecule has 1 atom stereocenters. The van der Waals surface area contributed by atoms with Gasteiger partial charge in [-0.25, -0.2) is 5.10 Å². The number of nitrogens with one attached hydrogen (secondary N) is 1. The SMILES string of the molecule is O=c1[nH]nc(C[C@@H](O)CN2CCc3ccccc3C2)c2cc(N3CCCC3)ccc12. The molecule has 1 saturated heterocycles. The summed E-state index contributed by atoms with van der Waals surface area (Å²) in [6, 6.07) is 14.5. The number of hydrogen-bond acceptors (Lipinski definition) is 5. The van der Waals surface area contributed by atoms with E-state index in [0.29, 0.717) is 18.4 Å². The van der Waals surface area contributed by atoms with Gasteiger partial charge in [0.25, 0.3) is 5.56 Å². The number of hydrogen-bond donors (Lipinski definition) is 2. The lowest BCUT2D eigenvalue weighted by Gasteiger charge is -2.30. The van der Waals surface area contributed by atoms with Crippen LogP contribution in [0.15, 0.2) is 47.3 Å².